The number of aliphatic hydroxyl groups is 1. The van der Waals surface area contributed by atoms with Crippen LogP contribution >= 0.6 is 0 Å². The molecule has 1 amide bonds. The van der Waals surface area contributed by atoms with Gasteiger partial charge in [-0.25, -0.2) is 0 Å². The summed E-state index contributed by atoms with van der Waals surface area (Å²) in [4.78, 5) is 28.2. The van der Waals surface area contributed by atoms with Gasteiger partial charge in [0.15, 0.2) is 11.5 Å². The van der Waals surface area contributed by atoms with Crippen molar-refractivity contribution in [2.75, 3.05) is 4.90 Å². The van der Waals surface area contributed by atoms with Gasteiger partial charge in [0, 0.05) is 12.1 Å². The fraction of sp³-hybridized carbons (Fsp3) is 0.241. The van der Waals surface area contributed by atoms with Crippen LogP contribution in [0, 0.1) is 6.92 Å². The Balaban J connectivity index is 1.72. The van der Waals surface area contributed by atoms with Gasteiger partial charge in [0.25, 0.3) is 5.91 Å². The third-order valence-electron chi connectivity index (χ3n) is 6.19. The number of benzene rings is 3. The summed E-state index contributed by atoms with van der Waals surface area (Å²) in [5.41, 5.74) is 4.88. The second-order valence-corrected chi connectivity index (χ2v) is 8.91. The van der Waals surface area contributed by atoms with E-state index in [4.69, 9.17) is 0 Å². The normalized spacial score (nSPS) is 16.1. The van der Waals surface area contributed by atoms with Gasteiger partial charge >= 0.3 is 0 Å². The van der Waals surface area contributed by atoms with Crippen LogP contribution in [0.5, 0.6) is 0 Å². The third-order valence-corrected chi connectivity index (χ3v) is 6.19. The number of carbonyl (C=O) groups excluding carboxylic acids is 2. The van der Waals surface area contributed by atoms with Gasteiger partial charge < -0.3 is 5.11 Å². The first-order chi connectivity index (χ1) is 15.9. The number of nitrogens with zero attached hydrogens (tertiary/aromatic N) is 1. The number of aliphatic hydroxyl groups excluding tert-OH is 1. The topological polar surface area (TPSA) is 57.6 Å². The minimum atomic E-state index is -0.662. The Bertz CT molecular complexity index is 1190. The Morgan fingerprint density at radius 3 is 2.30 bits per heavy atom. The molecule has 0 saturated heterocycles. The molecule has 4 nitrogen and oxygen atoms in total. The predicted molar refractivity (Wildman–Crippen MR) is 131 cm³/mol. The Kier molecular flexibility index (Phi) is 6.45. The molecule has 0 bridgehead atoms. The van der Waals surface area contributed by atoms with E-state index in [2.05, 4.69) is 13.8 Å². The average Bonchev–Trinajstić information content (AvgIpc) is 3.09. The lowest BCUT2D eigenvalue weighted by atomic mass is 9.92. The highest BCUT2D eigenvalue weighted by molar-refractivity contribution is 6.16. The predicted octanol–water partition coefficient (Wildman–Crippen LogP) is 6.22. The first kappa shape index (κ1) is 22.5. The summed E-state index contributed by atoms with van der Waals surface area (Å²) in [5.74, 6) is -0.838. The summed E-state index contributed by atoms with van der Waals surface area (Å²) in [6.45, 7) is 6.20. The zero-order chi connectivity index (χ0) is 23.5. The molecule has 1 unspecified atom stereocenters. The van der Waals surface area contributed by atoms with Crippen LogP contribution in [0.15, 0.2) is 90.2 Å². The Labute approximate surface area is 195 Å². The molecule has 0 spiro atoms. The standard InChI is InChI=1S/C29H29NO3/c1-19(2)22-13-15-24(16-14-22)30-27(23-11-7-8-20(3)18-23)26(28(32)29(30)33)25(31)17-12-21-9-5-4-6-10-21/h4-11,13-16,18-19,27,32H,12,17H2,1-3H3. The van der Waals surface area contributed by atoms with E-state index < -0.39 is 17.7 Å². The van der Waals surface area contributed by atoms with Crippen LogP contribution < -0.4 is 4.90 Å². The molecule has 1 atom stereocenters. The summed E-state index contributed by atoms with van der Waals surface area (Å²) >= 11 is 0. The summed E-state index contributed by atoms with van der Waals surface area (Å²) < 4.78 is 0. The van der Waals surface area contributed by atoms with Crippen LogP contribution in [-0.4, -0.2) is 16.8 Å². The lowest BCUT2D eigenvalue weighted by Gasteiger charge is -2.27. The van der Waals surface area contributed by atoms with Gasteiger partial charge in [-0.15, -0.1) is 0 Å². The number of Topliss-reactive ketones (excluding diaryl/α,β-unsaturated/α-hetero) is 1. The van der Waals surface area contributed by atoms with E-state index in [0.29, 0.717) is 18.0 Å². The van der Waals surface area contributed by atoms with Crippen molar-refractivity contribution in [2.45, 2.75) is 45.6 Å². The number of carbonyl (C=O) groups is 2. The van der Waals surface area contributed by atoms with Crippen LogP contribution in [0.1, 0.15) is 54.5 Å². The minimum absolute atomic E-state index is 0.175. The highest BCUT2D eigenvalue weighted by Gasteiger charge is 2.44. The SMILES string of the molecule is Cc1cccc(C2C(C(=O)CCc3ccccc3)=C(O)C(=O)N2c2ccc(C(C)C)cc2)c1. The Morgan fingerprint density at radius 2 is 1.67 bits per heavy atom. The number of ketones is 1. The van der Waals surface area contributed by atoms with Crippen LogP contribution in [0.2, 0.25) is 0 Å². The number of anilines is 1. The molecule has 1 aliphatic heterocycles. The van der Waals surface area contributed by atoms with E-state index >= 15 is 0 Å². The molecular weight excluding hydrogens is 410 g/mol. The van der Waals surface area contributed by atoms with Crippen molar-refractivity contribution in [1.82, 2.24) is 0 Å². The van der Waals surface area contributed by atoms with Crippen molar-refractivity contribution in [3.8, 4) is 0 Å². The summed E-state index contributed by atoms with van der Waals surface area (Å²) in [5, 5.41) is 10.9. The van der Waals surface area contributed by atoms with Crippen molar-refractivity contribution in [3.63, 3.8) is 0 Å². The van der Waals surface area contributed by atoms with Gasteiger partial charge in [-0.2, -0.15) is 0 Å². The van der Waals surface area contributed by atoms with Gasteiger partial charge in [0.2, 0.25) is 0 Å². The van der Waals surface area contributed by atoms with Crippen LogP contribution in [0.4, 0.5) is 5.69 Å². The number of hydrogen-bond acceptors (Lipinski definition) is 3. The van der Waals surface area contributed by atoms with Crippen LogP contribution in [-0.2, 0) is 16.0 Å². The van der Waals surface area contributed by atoms with Gasteiger partial charge in [-0.05, 0) is 48.1 Å². The zero-order valence-corrected chi connectivity index (χ0v) is 19.3. The number of rotatable bonds is 7. The van der Waals surface area contributed by atoms with E-state index in [-0.39, 0.29) is 17.8 Å². The highest BCUT2D eigenvalue weighted by Crippen LogP contribution is 2.41. The third kappa shape index (κ3) is 4.61. The molecule has 3 aromatic carbocycles. The first-order valence-corrected chi connectivity index (χ1v) is 11.4. The summed E-state index contributed by atoms with van der Waals surface area (Å²) in [7, 11) is 0. The lowest BCUT2D eigenvalue weighted by molar-refractivity contribution is -0.118. The number of aryl methyl sites for hydroxylation is 2. The molecular formula is C29H29NO3. The van der Waals surface area contributed by atoms with E-state index in [1.807, 2.05) is 85.8 Å². The maximum absolute atomic E-state index is 13.4. The van der Waals surface area contributed by atoms with Gasteiger partial charge in [-0.3, -0.25) is 14.5 Å². The quantitative estimate of drug-likeness (QED) is 0.475. The molecule has 0 fully saturated rings. The van der Waals surface area contributed by atoms with Gasteiger partial charge in [0.05, 0.1) is 11.6 Å². The lowest BCUT2D eigenvalue weighted by Crippen LogP contribution is -2.31. The van der Waals surface area contributed by atoms with Gasteiger partial charge in [-0.1, -0.05) is 86.1 Å². The van der Waals surface area contributed by atoms with Crippen molar-refractivity contribution < 1.29 is 14.7 Å². The molecule has 0 saturated carbocycles. The molecule has 1 heterocycles. The van der Waals surface area contributed by atoms with Crippen LogP contribution in [0.25, 0.3) is 0 Å². The molecule has 4 heteroatoms. The van der Waals surface area contributed by atoms with Crippen molar-refractivity contribution in [3.05, 3.63) is 112 Å². The molecule has 0 radical (unpaired) electrons. The molecule has 4 rings (SSSR count). The molecule has 0 aromatic heterocycles. The second kappa shape index (κ2) is 9.45. The highest BCUT2D eigenvalue weighted by atomic mass is 16.3. The number of hydrogen-bond donors (Lipinski definition) is 1. The van der Waals surface area contributed by atoms with Crippen molar-refractivity contribution in [1.29, 1.82) is 0 Å². The van der Waals surface area contributed by atoms with E-state index in [0.717, 1.165) is 22.3 Å². The Hall–Kier alpha value is -3.66. The van der Waals surface area contributed by atoms with Gasteiger partial charge in [0.1, 0.15) is 0 Å². The van der Waals surface area contributed by atoms with E-state index in [1.54, 1.807) is 4.90 Å². The monoisotopic (exact) mass is 439 g/mol. The maximum Gasteiger partial charge on any atom is 0.294 e. The average molecular weight is 440 g/mol. The smallest absolute Gasteiger partial charge is 0.294 e. The number of amides is 1. The molecule has 1 aliphatic rings. The van der Waals surface area contributed by atoms with Crippen molar-refractivity contribution in [2.24, 2.45) is 0 Å². The molecule has 168 valence electrons. The fourth-order valence-corrected chi connectivity index (χ4v) is 4.37. The van der Waals surface area contributed by atoms with E-state index in [1.165, 1.54) is 0 Å². The van der Waals surface area contributed by atoms with Crippen LogP contribution in [0.3, 0.4) is 0 Å². The second-order valence-electron chi connectivity index (χ2n) is 8.91. The molecule has 1 N–H and O–H groups in total. The summed E-state index contributed by atoms with van der Waals surface area (Å²) in [6.07, 6.45) is 0.771. The first-order valence-electron chi connectivity index (χ1n) is 11.4. The summed E-state index contributed by atoms with van der Waals surface area (Å²) in [6, 6.07) is 24.6. The fourth-order valence-electron chi connectivity index (χ4n) is 4.37. The maximum atomic E-state index is 13.4. The Morgan fingerprint density at radius 1 is 0.970 bits per heavy atom. The molecule has 3 aromatic rings. The largest absolute Gasteiger partial charge is 0.503 e. The van der Waals surface area contributed by atoms with E-state index in [9.17, 15) is 14.7 Å². The minimum Gasteiger partial charge on any atom is -0.503 e. The molecule has 33 heavy (non-hydrogen) atoms. The zero-order valence-electron chi connectivity index (χ0n) is 19.3. The molecule has 0 aliphatic carbocycles. The van der Waals surface area contributed by atoms with Crippen molar-refractivity contribution >= 4 is 17.4 Å².